The van der Waals surface area contributed by atoms with Crippen LogP contribution in [0, 0.1) is 6.92 Å². The number of likely N-dealkylation sites (N-methyl/N-ethyl adjacent to an activating group) is 1. The predicted octanol–water partition coefficient (Wildman–Crippen LogP) is 5.17. The number of anilines is 1. The van der Waals surface area contributed by atoms with E-state index in [9.17, 15) is 18.0 Å². The van der Waals surface area contributed by atoms with Gasteiger partial charge in [0.05, 0.1) is 22.2 Å². The van der Waals surface area contributed by atoms with Crippen LogP contribution in [0.3, 0.4) is 0 Å². The second-order valence-corrected chi connectivity index (χ2v) is 12.0. The lowest BCUT2D eigenvalue weighted by molar-refractivity contribution is -0.140. The summed E-state index contributed by atoms with van der Waals surface area (Å²) in [6.07, 6.45) is 0.335. The zero-order valence-electron chi connectivity index (χ0n) is 22.1. The van der Waals surface area contributed by atoms with E-state index in [0.717, 1.165) is 15.4 Å². The number of benzene rings is 3. The summed E-state index contributed by atoms with van der Waals surface area (Å²) < 4.78 is 34.7. The molecule has 0 bridgehead atoms. The molecule has 2 amide bonds. The third-order valence-corrected chi connectivity index (χ3v) is 8.85. The third kappa shape index (κ3) is 7.32. The van der Waals surface area contributed by atoms with Crippen LogP contribution >= 0.6 is 27.5 Å². The van der Waals surface area contributed by atoms with Crippen molar-refractivity contribution >= 4 is 55.1 Å². The summed E-state index contributed by atoms with van der Waals surface area (Å²) >= 11 is 9.38. The summed E-state index contributed by atoms with van der Waals surface area (Å²) in [7, 11) is -1.21. The lowest BCUT2D eigenvalue weighted by atomic mass is 10.1. The van der Waals surface area contributed by atoms with Crippen molar-refractivity contribution in [2.24, 2.45) is 0 Å². The van der Waals surface area contributed by atoms with Crippen molar-refractivity contribution in [2.45, 2.75) is 37.8 Å². The molecule has 0 aliphatic heterocycles. The van der Waals surface area contributed by atoms with Gasteiger partial charge in [-0.2, -0.15) is 0 Å². The first-order valence-electron chi connectivity index (χ1n) is 12.2. The average molecular weight is 637 g/mol. The minimum Gasteiger partial charge on any atom is -0.496 e. The van der Waals surface area contributed by atoms with Crippen molar-refractivity contribution in [1.82, 2.24) is 10.2 Å². The second-order valence-electron chi connectivity index (χ2n) is 8.83. The number of nitrogens with one attached hydrogen (secondary N) is 1. The number of hydrogen-bond donors (Lipinski definition) is 1. The van der Waals surface area contributed by atoms with Crippen LogP contribution in [-0.4, -0.2) is 51.9 Å². The number of amides is 2. The first-order chi connectivity index (χ1) is 18.5. The highest BCUT2D eigenvalue weighted by atomic mass is 79.9. The SMILES string of the molecule is CC[C@@H](C(=O)NC)N(Cc1ccc(Cl)cc1)C(=O)CN(c1ccc(C)cc1)S(=O)(=O)c1ccc(OC)c(Br)c1. The molecule has 0 saturated heterocycles. The Morgan fingerprint density at radius 1 is 1.05 bits per heavy atom. The molecule has 0 spiro atoms. The zero-order valence-corrected chi connectivity index (χ0v) is 25.3. The lowest BCUT2D eigenvalue weighted by Crippen LogP contribution is -2.51. The molecule has 1 atom stereocenters. The van der Waals surface area contributed by atoms with E-state index in [1.54, 1.807) is 55.5 Å². The van der Waals surface area contributed by atoms with Crippen LogP contribution in [0.2, 0.25) is 5.02 Å². The van der Waals surface area contributed by atoms with Gasteiger partial charge >= 0.3 is 0 Å². The van der Waals surface area contributed by atoms with E-state index in [1.807, 2.05) is 6.92 Å². The Bertz CT molecular complexity index is 1420. The summed E-state index contributed by atoms with van der Waals surface area (Å²) in [6, 6.07) is 17.4. The third-order valence-electron chi connectivity index (χ3n) is 6.21. The molecule has 3 rings (SSSR count). The van der Waals surface area contributed by atoms with Gasteiger partial charge in [0.25, 0.3) is 10.0 Å². The Labute approximate surface area is 243 Å². The number of carbonyl (C=O) groups excluding carboxylic acids is 2. The molecule has 0 saturated carbocycles. The molecule has 8 nitrogen and oxygen atoms in total. The average Bonchev–Trinajstić information content (AvgIpc) is 2.92. The number of methoxy groups -OCH3 is 1. The topological polar surface area (TPSA) is 96.0 Å². The van der Waals surface area contributed by atoms with E-state index in [0.29, 0.717) is 27.4 Å². The molecule has 11 heteroatoms. The highest BCUT2D eigenvalue weighted by molar-refractivity contribution is 9.10. The van der Waals surface area contributed by atoms with Crippen molar-refractivity contribution in [2.75, 3.05) is 25.0 Å². The second kappa shape index (κ2) is 13.3. The molecule has 1 N–H and O–H groups in total. The molecule has 3 aromatic rings. The molecule has 208 valence electrons. The van der Waals surface area contributed by atoms with Gasteiger partial charge in [0, 0.05) is 18.6 Å². The van der Waals surface area contributed by atoms with Gasteiger partial charge in [-0.25, -0.2) is 8.42 Å². The summed E-state index contributed by atoms with van der Waals surface area (Å²) in [5.41, 5.74) is 2.00. The van der Waals surface area contributed by atoms with E-state index in [1.165, 1.54) is 37.3 Å². The van der Waals surface area contributed by atoms with Gasteiger partial charge in [0.15, 0.2) is 0 Å². The van der Waals surface area contributed by atoms with Gasteiger partial charge in [-0.15, -0.1) is 0 Å². The fourth-order valence-electron chi connectivity index (χ4n) is 4.05. The summed E-state index contributed by atoms with van der Waals surface area (Å²) in [6.45, 7) is 3.26. The number of aryl methyl sites for hydroxylation is 1. The highest BCUT2D eigenvalue weighted by Gasteiger charge is 2.33. The van der Waals surface area contributed by atoms with Gasteiger partial charge in [0.1, 0.15) is 18.3 Å². The molecule has 0 heterocycles. The van der Waals surface area contributed by atoms with Crippen LogP contribution < -0.4 is 14.4 Å². The van der Waals surface area contributed by atoms with Gasteiger partial charge < -0.3 is 15.0 Å². The quantitative estimate of drug-likeness (QED) is 0.314. The minimum atomic E-state index is -4.20. The van der Waals surface area contributed by atoms with E-state index in [4.69, 9.17) is 16.3 Å². The van der Waals surface area contributed by atoms with Gasteiger partial charge in [-0.3, -0.25) is 13.9 Å². The molecular formula is C28H31BrClN3O5S. The molecular weight excluding hydrogens is 606 g/mol. The van der Waals surface area contributed by atoms with Crippen molar-refractivity contribution in [1.29, 1.82) is 0 Å². The van der Waals surface area contributed by atoms with Crippen LogP contribution in [-0.2, 0) is 26.2 Å². The molecule has 0 aromatic heterocycles. The standard InChI is InChI=1S/C28H31BrClN3O5S/c1-5-25(28(35)31-3)32(17-20-8-10-21(30)11-9-20)27(34)18-33(22-12-6-19(2)7-13-22)39(36,37)23-14-15-26(38-4)24(29)16-23/h6-16,25H,5,17-18H2,1-4H3,(H,31,35)/t25-/m0/s1. The van der Waals surface area contributed by atoms with Gasteiger partial charge in [-0.05, 0) is 77.3 Å². The van der Waals surface area contributed by atoms with Crippen LogP contribution in [0.4, 0.5) is 5.69 Å². The number of nitrogens with zero attached hydrogens (tertiary/aromatic N) is 2. The van der Waals surface area contributed by atoms with Crippen LogP contribution in [0.5, 0.6) is 5.75 Å². The number of rotatable bonds is 11. The molecule has 0 radical (unpaired) electrons. The maximum Gasteiger partial charge on any atom is 0.264 e. The Kier molecular flexibility index (Phi) is 10.4. The molecule has 3 aromatic carbocycles. The number of carbonyl (C=O) groups is 2. The molecule has 0 fully saturated rings. The Morgan fingerprint density at radius 3 is 2.23 bits per heavy atom. The van der Waals surface area contributed by atoms with E-state index in [-0.39, 0.29) is 17.3 Å². The van der Waals surface area contributed by atoms with Gasteiger partial charge in [-0.1, -0.05) is 48.4 Å². The normalized spacial score (nSPS) is 11.9. The fourth-order valence-corrected chi connectivity index (χ4v) is 6.31. The lowest BCUT2D eigenvalue weighted by Gasteiger charge is -2.33. The maximum atomic E-state index is 14.0. The van der Waals surface area contributed by atoms with Crippen LogP contribution in [0.15, 0.2) is 76.1 Å². The van der Waals surface area contributed by atoms with Crippen LogP contribution in [0.25, 0.3) is 0 Å². The summed E-state index contributed by atoms with van der Waals surface area (Å²) in [5, 5.41) is 3.15. The molecule has 0 aliphatic carbocycles. The van der Waals surface area contributed by atoms with Crippen molar-refractivity contribution in [3.63, 3.8) is 0 Å². The predicted molar refractivity (Wildman–Crippen MR) is 157 cm³/mol. The maximum absolute atomic E-state index is 14.0. The first-order valence-corrected chi connectivity index (χ1v) is 14.8. The van der Waals surface area contributed by atoms with Crippen molar-refractivity contribution < 1.29 is 22.7 Å². The minimum absolute atomic E-state index is 0.0221. The smallest absolute Gasteiger partial charge is 0.264 e. The highest BCUT2D eigenvalue weighted by Crippen LogP contribution is 2.31. The van der Waals surface area contributed by atoms with E-state index in [2.05, 4.69) is 21.2 Å². The van der Waals surface area contributed by atoms with Crippen LogP contribution in [0.1, 0.15) is 24.5 Å². The van der Waals surface area contributed by atoms with E-state index >= 15 is 0 Å². The summed E-state index contributed by atoms with van der Waals surface area (Å²) in [4.78, 5) is 28.1. The Morgan fingerprint density at radius 2 is 1.69 bits per heavy atom. The molecule has 39 heavy (non-hydrogen) atoms. The van der Waals surface area contributed by atoms with Crippen molar-refractivity contribution in [3.05, 3.63) is 87.4 Å². The number of sulfonamides is 1. The van der Waals surface area contributed by atoms with Gasteiger partial charge in [0.2, 0.25) is 11.8 Å². The Balaban J connectivity index is 2.07. The first kappa shape index (κ1) is 30.5. The monoisotopic (exact) mass is 635 g/mol. The van der Waals surface area contributed by atoms with Crippen molar-refractivity contribution in [3.8, 4) is 5.75 Å². The number of hydrogen-bond acceptors (Lipinski definition) is 5. The molecule has 0 unspecified atom stereocenters. The molecule has 0 aliphatic rings. The summed E-state index contributed by atoms with van der Waals surface area (Å²) in [5.74, 6) is -0.404. The zero-order chi connectivity index (χ0) is 28.7. The fraction of sp³-hybridized carbons (Fsp3) is 0.286. The van der Waals surface area contributed by atoms with E-state index < -0.39 is 28.5 Å². The Hall–Kier alpha value is -3.08. The number of halogens is 2. The largest absolute Gasteiger partial charge is 0.496 e. The number of ether oxygens (including phenoxy) is 1.